The molecule has 0 aliphatic carbocycles. The molecule has 1 saturated heterocycles. The highest BCUT2D eigenvalue weighted by molar-refractivity contribution is 14.0. The van der Waals surface area contributed by atoms with Gasteiger partial charge in [-0.2, -0.15) is 0 Å². The molecule has 0 atom stereocenters. The first-order chi connectivity index (χ1) is 13.6. The Bertz CT molecular complexity index is 851. The van der Waals surface area contributed by atoms with Crippen LogP contribution < -0.4 is 5.32 Å². The summed E-state index contributed by atoms with van der Waals surface area (Å²) in [6.45, 7) is 4.90. The molecule has 1 fully saturated rings. The van der Waals surface area contributed by atoms with Crippen molar-refractivity contribution in [1.29, 1.82) is 0 Å². The standard InChI is InChI=1S/C19H27N5O3S.HI/c1-20-19(21-9-5-15-28(25,26)18-6-3-2-4-7-18)24-12-10-23(11-13-24)16-17-8-14-27-22-17;/h2-4,6-8,14H,5,9-13,15-16H2,1H3,(H,20,21);1H. The number of guanidine groups is 1. The maximum absolute atomic E-state index is 12.3. The van der Waals surface area contributed by atoms with Crippen molar-refractivity contribution in [3.63, 3.8) is 0 Å². The lowest BCUT2D eigenvalue weighted by atomic mass is 10.3. The van der Waals surface area contributed by atoms with E-state index >= 15 is 0 Å². The van der Waals surface area contributed by atoms with E-state index in [0.717, 1.165) is 44.4 Å². The maximum atomic E-state index is 12.3. The van der Waals surface area contributed by atoms with Crippen molar-refractivity contribution in [1.82, 2.24) is 20.3 Å². The Morgan fingerprint density at radius 1 is 1.17 bits per heavy atom. The fourth-order valence-electron chi connectivity index (χ4n) is 3.21. The van der Waals surface area contributed by atoms with Gasteiger partial charge in [-0.1, -0.05) is 23.4 Å². The van der Waals surface area contributed by atoms with Gasteiger partial charge in [0.2, 0.25) is 0 Å². The van der Waals surface area contributed by atoms with E-state index in [0.29, 0.717) is 17.9 Å². The van der Waals surface area contributed by atoms with E-state index in [9.17, 15) is 8.42 Å². The van der Waals surface area contributed by atoms with Gasteiger partial charge >= 0.3 is 0 Å². The summed E-state index contributed by atoms with van der Waals surface area (Å²) in [7, 11) is -1.48. The number of nitrogens with zero attached hydrogens (tertiary/aromatic N) is 4. The Labute approximate surface area is 189 Å². The van der Waals surface area contributed by atoms with Crippen LogP contribution in [-0.2, 0) is 16.4 Å². The molecule has 1 N–H and O–H groups in total. The van der Waals surface area contributed by atoms with Crippen molar-refractivity contribution < 1.29 is 12.9 Å². The number of piperazine rings is 1. The molecule has 3 rings (SSSR count). The van der Waals surface area contributed by atoms with Gasteiger partial charge in [-0.15, -0.1) is 24.0 Å². The van der Waals surface area contributed by atoms with Crippen LogP contribution in [0.3, 0.4) is 0 Å². The Hall–Kier alpha value is -1.66. The second kappa shape index (κ2) is 11.5. The summed E-state index contributed by atoms with van der Waals surface area (Å²) in [5.41, 5.74) is 0.940. The van der Waals surface area contributed by atoms with E-state index in [4.69, 9.17) is 4.52 Å². The summed E-state index contributed by atoms with van der Waals surface area (Å²) in [5.74, 6) is 0.935. The first kappa shape index (κ1) is 23.6. The molecule has 29 heavy (non-hydrogen) atoms. The quantitative estimate of drug-likeness (QED) is 0.252. The molecule has 0 saturated carbocycles. The summed E-state index contributed by atoms with van der Waals surface area (Å²) in [6, 6.07) is 10.5. The van der Waals surface area contributed by atoms with Crippen molar-refractivity contribution in [3.8, 4) is 0 Å². The second-order valence-electron chi connectivity index (χ2n) is 6.71. The Morgan fingerprint density at radius 2 is 1.90 bits per heavy atom. The van der Waals surface area contributed by atoms with Crippen LogP contribution >= 0.6 is 24.0 Å². The van der Waals surface area contributed by atoms with Crippen molar-refractivity contribution in [3.05, 3.63) is 48.4 Å². The summed E-state index contributed by atoms with van der Waals surface area (Å²) >= 11 is 0. The third kappa shape index (κ3) is 6.96. The number of aliphatic imine (C=N–C) groups is 1. The number of aromatic nitrogens is 1. The average Bonchev–Trinajstić information content (AvgIpc) is 3.23. The van der Waals surface area contributed by atoms with Gasteiger partial charge in [0, 0.05) is 52.4 Å². The normalized spacial score (nSPS) is 15.8. The number of benzene rings is 1. The van der Waals surface area contributed by atoms with Crippen LogP contribution in [0.1, 0.15) is 12.1 Å². The van der Waals surface area contributed by atoms with E-state index in [1.54, 1.807) is 37.6 Å². The minimum atomic E-state index is -3.24. The van der Waals surface area contributed by atoms with E-state index in [1.165, 1.54) is 0 Å². The topological polar surface area (TPSA) is 91.0 Å². The van der Waals surface area contributed by atoms with Gasteiger partial charge in [0.05, 0.1) is 16.3 Å². The fraction of sp³-hybridized carbons (Fsp3) is 0.474. The van der Waals surface area contributed by atoms with Crippen molar-refractivity contribution in [2.75, 3.05) is 45.5 Å². The lowest BCUT2D eigenvalue weighted by Crippen LogP contribution is -2.52. The molecular formula is C19H28IN5O3S. The summed E-state index contributed by atoms with van der Waals surface area (Å²) < 4.78 is 29.5. The number of hydrogen-bond donors (Lipinski definition) is 1. The van der Waals surface area contributed by atoms with E-state index in [1.807, 2.05) is 12.1 Å². The van der Waals surface area contributed by atoms with E-state index < -0.39 is 9.84 Å². The molecule has 1 aromatic heterocycles. The monoisotopic (exact) mass is 533 g/mol. The number of nitrogens with one attached hydrogen (secondary N) is 1. The van der Waals surface area contributed by atoms with Crippen LogP contribution in [0.4, 0.5) is 0 Å². The molecule has 160 valence electrons. The van der Waals surface area contributed by atoms with Gasteiger partial charge < -0.3 is 14.7 Å². The molecule has 10 heteroatoms. The van der Waals surface area contributed by atoms with Crippen molar-refractivity contribution >= 4 is 39.8 Å². The Morgan fingerprint density at radius 3 is 2.52 bits per heavy atom. The highest BCUT2D eigenvalue weighted by Gasteiger charge is 2.20. The largest absolute Gasteiger partial charge is 0.364 e. The zero-order chi connectivity index (χ0) is 19.8. The second-order valence-corrected chi connectivity index (χ2v) is 8.82. The molecule has 0 bridgehead atoms. The van der Waals surface area contributed by atoms with Gasteiger partial charge in [0.15, 0.2) is 15.8 Å². The third-order valence-corrected chi connectivity index (χ3v) is 6.55. The third-order valence-electron chi connectivity index (χ3n) is 4.74. The van der Waals surface area contributed by atoms with Crippen LogP contribution in [0.25, 0.3) is 0 Å². The van der Waals surface area contributed by atoms with Crippen molar-refractivity contribution in [2.45, 2.75) is 17.9 Å². The number of halogens is 1. The maximum Gasteiger partial charge on any atom is 0.193 e. The fourth-order valence-corrected chi connectivity index (χ4v) is 4.54. The number of sulfone groups is 1. The molecular weight excluding hydrogens is 505 g/mol. The summed E-state index contributed by atoms with van der Waals surface area (Å²) in [5, 5.41) is 7.25. The van der Waals surface area contributed by atoms with Gasteiger partial charge in [-0.3, -0.25) is 9.89 Å². The van der Waals surface area contributed by atoms with Crippen molar-refractivity contribution in [2.24, 2.45) is 4.99 Å². The average molecular weight is 533 g/mol. The van der Waals surface area contributed by atoms with Crippen LogP contribution in [0.2, 0.25) is 0 Å². The molecule has 8 nitrogen and oxygen atoms in total. The molecule has 1 aliphatic rings. The molecule has 0 amide bonds. The number of hydrogen-bond acceptors (Lipinski definition) is 6. The van der Waals surface area contributed by atoms with Gasteiger partial charge in [0.1, 0.15) is 6.26 Å². The first-order valence-corrected chi connectivity index (χ1v) is 11.1. The first-order valence-electron chi connectivity index (χ1n) is 9.43. The minimum Gasteiger partial charge on any atom is -0.364 e. The van der Waals surface area contributed by atoms with Crippen LogP contribution in [0.5, 0.6) is 0 Å². The summed E-state index contributed by atoms with van der Waals surface area (Å²) in [6.07, 6.45) is 2.12. The SMILES string of the molecule is CN=C(NCCCS(=O)(=O)c1ccccc1)N1CCN(Cc2ccon2)CC1.I. The molecule has 0 spiro atoms. The Kier molecular flexibility index (Phi) is 9.37. The van der Waals surface area contributed by atoms with Gasteiger partial charge in [-0.05, 0) is 18.6 Å². The van der Waals surface area contributed by atoms with Gasteiger partial charge in [-0.25, -0.2) is 8.42 Å². The number of rotatable bonds is 7. The predicted octanol–water partition coefficient (Wildman–Crippen LogP) is 1.85. The van der Waals surface area contributed by atoms with E-state index in [2.05, 4.69) is 25.3 Å². The van der Waals surface area contributed by atoms with Crippen LogP contribution in [0, 0.1) is 0 Å². The molecule has 2 aromatic rings. The zero-order valence-corrected chi connectivity index (χ0v) is 19.7. The molecule has 1 aliphatic heterocycles. The highest BCUT2D eigenvalue weighted by atomic mass is 127. The summed E-state index contributed by atoms with van der Waals surface area (Å²) in [4.78, 5) is 9.25. The zero-order valence-electron chi connectivity index (χ0n) is 16.5. The smallest absolute Gasteiger partial charge is 0.193 e. The minimum absolute atomic E-state index is 0. The van der Waals surface area contributed by atoms with Gasteiger partial charge in [0.25, 0.3) is 0 Å². The molecule has 0 unspecified atom stereocenters. The van der Waals surface area contributed by atoms with Crippen LogP contribution in [0.15, 0.2) is 57.1 Å². The lowest BCUT2D eigenvalue weighted by Gasteiger charge is -2.36. The molecule has 0 radical (unpaired) electrons. The van der Waals surface area contributed by atoms with Crippen LogP contribution in [-0.4, -0.2) is 74.9 Å². The molecule has 1 aromatic carbocycles. The van der Waals surface area contributed by atoms with E-state index in [-0.39, 0.29) is 29.7 Å². The lowest BCUT2D eigenvalue weighted by molar-refractivity contribution is 0.169. The predicted molar refractivity (Wildman–Crippen MR) is 123 cm³/mol. The molecule has 2 heterocycles. The highest BCUT2D eigenvalue weighted by Crippen LogP contribution is 2.11. The Balaban J connectivity index is 0.00000300.